The summed E-state index contributed by atoms with van der Waals surface area (Å²) in [7, 11) is 1.57. The van der Waals surface area contributed by atoms with Crippen LogP contribution >= 0.6 is 0 Å². The lowest BCUT2D eigenvalue weighted by atomic mass is 9.96. The number of carbonyl (C=O) groups excluding carboxylic acids is 3. The second-order valence-corrected chi connectivity index (χ2v) is 10.2. The van der Waals surface area contributed by atoms with Crippen LogP contribution in [0.5, 0.6) is 5.75 Å². The fourth-order valence-corrected chi connectivity index (χ4v) is 5.54. The Morgan fingerprint density at radius 2 is 1.82 bits per heavy atom. The lowest BCUT2D eigenvalue weighted by Gasteiger charge is -2.44. The van der Waals surface area contributed by atoms with Gasteiger partial charge in [-0.15, -0.1) is 0 Å². The molecule has 9 nitrogen and oxygen atoms in total. The fraction of sp³-hybridized carbons (Fsp3) is 0.483. The van der Waals surface area contributed by atoms with E-state index in [1.54, 1.807) is 53.3 Å². The normalized spacial score (nSPS) is 22.5. The van der Waals surface area contributed by atoms with Crippen LogP contribution in [0, 0.1) is 6.92 Å². The number of hydrogen-bond donors (Lipinski definition) is 1. The number of nitrogens with zero attached hydrogens (tertiary/aromatic N) is 2. The minimum Gasteiger partial charge on any atom is -0.497 e. The van der Waals surface area contributed by atoms with Crippen LogP contribution in [0.15, 0.2) is 48.5 Å². The van der Waals surface area contributed by atoms with Crippen molar-refractivity contribution < 1.29 is 28.6 Å². The van der Waals surface area contributed by atoms with Crippen LogP contribution in [0.2, 0.25) is 0 Å². The minimum absolute atomic E-state index is 0.00217. The number of methoxy groups -OCH3 is 1. The molecule has 38 heavy (non-hydrogen) atoms. The summed E-state index contributed by atoms with van der Waals surface area (Å²) in [6, 6.07) is 13.7. The van der Waals surface area contributed by atoms with E-state index < -0.39 is 11.8 Å². The monoisotopic (exact) mass is 521 g/mol. The van der Waals surface area contributed by atoms with Crippen molar-refractivity contribution in [3.05, 3.63) is 65.2 Å². The average molecular weight is 522 g/mol. The largest absolute Gasteiger partial charge is 0.497 e. The van der Waals surface area contributed by atoms with Crippen molar-refractivity contribution in [2.45, 2.75) is 50.5 Å². The van der Waals surface area contributed by atoms with Crippen molar-refractivity contribution in [1.82, 2.24) is 15.1 Å². The van der Waals surface area contributed by atoms with E-state index in [0.717, 1.165) is 18.4 Å². The van der Waals surface area contributed by atoms with Crippen molar-refractivity contribution in [1.29, 1.82) is 0 Å². The third-order valence-electron chi connectivity index (χ3n) is 7.76. The van der Waals surface area contributed by atoms with Gasteiger partial charge in [-0.3, -0.25) is 19.3 Å². The predicted octanol–water partition coefficient (Wildman–Crippen LogP) is 2.77. The van der Waals surface area contributed by atoms with E-state index in [-0.39, 0.29) is 30.4 Å². The molecule has 2 aromatic carbocycles. The molecule has 0 aromatic heterocycles. The number of likely N-dealkylation sites (tertiary alicyclic amines) is 1. The van der Waals surface area contributed by atoms with E-state index in [0.29, 0.717) is 56.0 Å². The molecule has 0 bridgehead atoms. The summed E-state index contributed by atoms with van der Waals surface area (Å²) in [5, 5.41) is 2.98. The third-order valence-corrected chi connectivity index (χ3v) is 7.76. The number of piperidine rings is 1. The molecule has 3 heterocycles. The molecular formula is C29H35N3O6. The molecule has 3 aliphatic rings. The molecule has 3 aliphatic heterocycles. The SMILES string of the molecule is COc1cccc(C(=O)N2CCC3(CC2)OCC(C(=O)NCC2CCCO2)N3C(=O)c2ccc(C)cc2)c1. The van der Waals surface area contributed by atoms with E-state index in [1.807, 2.05) is 19.1 Å². The topological polar surface area (TPSA) is 97.4 Å². The summed E-state index contributed by atoms with van der Waals surface area (Å²) in [6.07, 6.45) is 2.72. The van der Waals surface area contributed by atoms with Crippen molar-refractivity contribution >= 4 is 17.7 Å². The minimum atomic E-state index is -0.959. The highest BCUT2D eigenvalue weighted by molar-refractivity contribution is 5.98. The maximum Gasteiger partial charge on any atom is 0.256 e. The zero-order valence-corrected chi connectivity index (χ0v) is 22.0. The van der Waals surface area contributed by atoms with E-state index in [1.165, 1.54) is 0 Å². The lowest BCUT2D eigenvalue weighted by Crippen LogP contribution is -2.60. The van der Waals surface area contributed by atoms with Crippen molar-refractivity contribution in [2.75, 3.05) is 40.0 Å². The first-order valence-electron chi connectivity index (χ1n) is 13.3. The van der Waals surface area contributed by atoms with E-state index in [2.05, 4.69) is 5.32 Å². The van der Waals surface area contributed by atoms with Crippen LogP contribution in [0.4, 0.5) is 0 Å². The maximum atomic E-state index is 13.9. The Morgan fingerprint density at radius 3 is 2.50 bits per heavy atom. The number of ether oxygens (including phenoxy) is 3. The molecule has 5 rings (SSSR count). The number of benzene rings is 2. The predicted molar refractivity (Wildman–Crippen MR) is 140 cm³/mol. The molecule has 1 spiro atoms. The molecule has 2 atom stereocenters. The Kier molecular flexibility index (Phi) is 7.67. The molecule has 2 unspecified atom stereocenters. The van der Waals surface area contributed by atoms with Gasteiger partial charge in [0.05, 0.1) is 19.8 Å². The summed E-state index contributed by atoms with van der Waals surface area (Å²) in [5.74, 6) is 0.0364. The highest BCUT2D eigenvalue weighted by Gasteiger charge is 2.54. The van der Waals surface area contributed by atoms with Gasteiger partial charge in [0.15, 0.2) is 0 Å². The molecule has 3 amide bonds. The maximum absolute atomic E-state index is 13.9. The zero-order chi connectivity index (χ0) is 26.7. The van der Waals surface area contributed by atoms with Gasteiger partial charge in [-0.05, 0) is 50.1 Å². The van der Waals surface area contributed by atoms with Gasteiger partial charge >= 0.3 is 0 Å². The first-order chi connectivity index (χ1) is 18.4. The second-order valence-electron chi connectivity index (χ2n) is 10.2. The summed E-state index contributed by atoms with van der Waals surface area (Å²) in [4.78, 5) is 43.8. The first kappa shape index (κ1) is 26.2. The molecule has 202 valence electrons. The Hall–Kier alpha value is -3.43. The van der Waals surface area contributed by atoms with E-state index in [9.17, 15) is 14.4 Å². The molecule has 0 saturated carbocycles. The van der Waals surface area contributed by atoms with Crippen molar-refractivity contribution in [3.63, 3.8) is 0 Å². The number of rotatable bonds is 6. The van der Waals surface area contributed by atoms with Gasteiger partial charge in [0.2, 0.25) is 5.91 Å². The third kappa shape index (κ3) is 5.26. The van der Waals surface area contributed by atoms with Gasteiger partial charge in [0.1, 0.15) is 17.5 Å². The Labute approximate surface area is 223 Å². The lowest BCUT2D eigenvalue weighted by molar-refractivity contribution is -0.128. The van der Waals surface area contributed by atoms with Gasteiger partial charge < -0.3 is 24.4 Å². The zero-order valence-electron chi connectivity index (χ0n) is 22.0. The van der Waals surface area contributed by atoms with Crippen molar-refractivity contribution in [3.8, 4) is 5.75 Å². The first-order valence-corrected chi connectivity index (χ1v) is 13.3. The van der Waals surface area contributed by atoms with E-state index in [4.69, 9.17) is 14.2 Å². The average Bonchev–Trinajstić information content (AvgIpc) is 3.60. The molecule has 1 N–H and O–H groups in total. The van der Waals surface area contributed by atoms with Gasteiger partial charge in [-0.1, -0.05) is 23.8 Å². The van der Waals surface area contributed by atoms with Crippen LogP contribution in [0.1, 0.15) is 52.0 Å². The summed E-state index contributed by atoms with van der Waals surface area (Å²) >= 11 is 0. The number of carbonyl (C=O) groups is 3. The standard InChI is InChI=1S/C29H35N3O6/c1-20-8-10-21(11-9-20)28(35)32-25(26(33)30-18-24-7-4-16-37-24)19-38-29(32)12-14-31(15-13-29)27(34)22-5-3-6-23(17-22)36-2/h3,5-6,8-11,17,24-25H,4,7,12-16,18-19H2,1-2H3,(H,30,33). The van der Waals surface area contributed by atoms with Crippen molar-refractivity contribution in [2.24, 2.45) is 0 Å². The number of nitrogens with one attached hydrogen (secondary N) is 1. The van der Waals surface area contributed by atoms with Gasteiger partial charge in [0, 0.05) is 50.2 Å². The Balaban J connectivity index is 1.34. The molecule has 0 aliphatic carbocycles. The van der Waals surface area contributed by atoms with Gasteiger partial charge in [-0.2, -0.15) is 0 Å². The fourth-order valence-electron chi connectivity index (χ4n) is 5.54. The summed E-state index contributed by atoms with van der Waals surface area (Å²) in [6.45, 7) is 4.00. The molecule has 3 fully saturated rings. The van der Waals surface area contributed by atoms with Gasteiger partial charge in [0.25, 0.3) is 11.8 Å². The number of aryl methyl sites for hydroxylation is 1. The summed E-state index contributed by atoms with van der Waals surface area (Å²) < 4.78 is 17.2. The molecule has 9 heteroatoms. The smallest absolute Gasteiger partial charge is 0.256 e. The van der Waals surface area contributed by atoms with Crippen LogP contribution in [-0.2, 0) is 14.3 Å². The van der Waals surface area contributed by atoms with Crippen LogP contribution < -0.4 is 10.1 Å². The van der Waals surface area contributed by atoms with Gasteiger partial charge in [-0.25, -0.2) is 0 Å². The molecular weight excluding hydrogens is 486 g/mol. The quantitative estimate of drug-likeness (QED) is 0.628. The summed E-state index contributed by atoms with van der Waals surface area (Å²) in [5.41, 5.74) is 1.14. The van der Waals surface area contributed by atoms with Crippen LogP contribution in [0.3, 0.4) is 0 Å². The number of hydrogen-bond acceptors (Lipinski definition) is 6. The van der Waals surface area contributed by atoms with Crippen LogP contribution in [-0.4, -0.2) is 85.3 Å². The highest BCUT2D eigenvalue weighted by Crippen LogP contribution is 2.39. The molecule has 2 aromatic rings. The van der Waals surface area contributed by atoms with E-state index >= 15 is 0 Å². The molecule has 0 radical (unpaired) electrons. The second kappa shape index (κ2) is 11.1. The number of amides is 3. The Morgan fingerprint density at radius 1 is 1.05 bits per heavy atom. The molecule has 3 saturated heterocycles. The Bertz CT molecular complexity index is 1170. The van der Waals surface area contributed by atoms with Crippen LogP contribution in [0.25, 0.3) is 0 Å². The highest BCUT2D eigenvalue weighted by atomic mass is 16.5.